The molecule has 1 aliphatic carbocycles. The Bertz CT molecular complexity index is 433. The molecule has 7 nitrogen and oxygen atoms in total. The minimum absolute atomic E-state index is 0.167. The average molecular weight is 281 g/mol. The van der Waals surface area contributed by atoms with Crippen molar-refractivity contribution in [2.45, 2.75) is 32.0 Å². The molecule has 0 radical (unpaired) electrons. The van der Waals surface area contributed by atoms with Crippen LogP contribution in [0.25, 0.3) is 0 Å². The largest absolute Gasteiger partial charge is 0.467 e. The lowest BCUT2D eigenvalue weighted by Crippen LogP contribution is -2.52. The highest BCUT2D eigenvalue weighted by Crippen LogP contribution is 1.98. The summed E-state index contributed by atoms with van der Waals surface area (Å²) in [4.78, 5) is 34.6. The van der Waals surface area contributed by atoms with E-state index in [9.17, 15) is 14.4 Å². The number of amides is 3. The van der Waals surface area contributed by atoms with Crippen molar-refractivity contribution >= 4 is 17.9 Å². The molecule has 1 rings (SSSR count). The lowest BCUT2D eigenvalue weighted by molar-refractivity contribution is -0.144. The van der Waals surface area contributed by atoms with Gasteiger partial charge in [-0.3, -0.25) is 4.79 Å². The van der Waals surface area contributed by atoms with Crippen molar-refractivity contribution < 1.29 is 19.1 Å². The highest BCUT2D eigenvalue weighted by atomic mass is 16.5. The fourth-order valence-corrected chi connectivity index (χ4v) is 1.56. The van der Waals surface area contributed by atoms with E-state index < -0.39 is 30.0 Å². The molecule has 110 valence electrons. The topological polar surface area (TPSA) is 96.5 Å². The zero-order valence-corrected chi connectivity index (χ0v) is 11.7. The first-order valence-corrected chi connectivity index (χ1v) is 6.24. The summed E-state index contributed by atoms with van der Waals surface area (Å²) < 4.78 is 4.49. The van der Waals surface area contributed by atoms with E-state index >= 15 is 0 Å². The van der Waals surface area contributed by atoms with Gasteiger partial charge in [0, 0.05) is 0 Å². The van der Waals surface area contributed by atoms with E-state index in [-0.39, 0.29) is 6.04 Å². The van der Waals surface area contributed by atoms with Crippen LogP contribution >= 0.6 is 0 Å². The van der Waals surface area contributed by atoms with Crippen LogP contribution in [0.3, 0.4) is 0 Å². The van der Waals surface area contributed by atoms with Crippen molar-refractivity contribution in [2.24, 2.45) is 0 Å². The lowest BCUT2D eigenvalue weighted by atomic mass is 10.2. The van der Waals surface area contributed by atoms with E-state index in [1.165, 1.54) is 21.0 Å². The number of ether oxygens (including phenoxy) is 1. The van der Waals surface area contributed by atoms with Crippen LogP contribution in [0.2, 0.25) is 0 Å². The molecule has 0 fully saturated rings. The Kier molecular flexibility index (Phi) is 5.76. The van der Waals surface area contributed by atoms with E-state index in [4.69, 9.17) is 0 Å². The van der Waals surface area contributed by atoms with Gasteiger partial charge < -0.3 is 20.7 Å². The molecule has 0 aromatic carbocycles. The zero-order chi connectivity index (χ0) is 15.1. The molecule has 3 amide bonds. The van der Waals surface area contributed by atoms with Gasteiger partial charge in [0.2, 0.25) is 5.91 Å². The third kappa shape index (κ3) is 4.75. The molecule has 0 aromatic rings. The van der Waals surface area contributed by atoms with Crippen LogP contribution < -0.4 is 16.0 Å². The number of methoxy groups -OCH3 is 1. The number of rotatable bonds is 5. The van der Waals surface area contributed by atoms with Crippen LogP contribution in [0.15, 0.2) is 24.3 Å². The SMILES string of the molecule is COC(=O)[C@H](C)NC(=O)[C@H](C)NC(=O)NC1C=CC=C1. The van der Waals surface area contributed by atoms with Crippen LogP contribution in [0.5, 0.6) is 0 Å². The molecule has 20 heavy (non-hydrogen) atoms. The lowest BCUT2D eigenvalue weighted by Gasteiger charge is -2.18. The van der Waals surface area contributed by atoms with Crippen LogP contribution in [0.1, 0.15) is 13.8 Å². The van der Waals surface area contributed by atoms with E-state index in [2.05, 4.69) is 20.7 Å². The van der Waals surface area contributed by atoms with Gasteiger partial charge in [-0.05, 0) is 13.8 Å². The predicted molar refractivity (Wildman–Crippen MR) is 72.8 cm³/mol. The maximum absolute atomic E-state index is 11.8. The summed E-state index contributed by atoms with van der Waals surface area (Å²) in [5.41, 5.74) is 0. The minimum Gasteiger partial charge on any atom is -0.467 e. The van der Waals surface area contributed by atoms with Crippen LogP contribution in [0, 0.1) is 0 Å². The summed E-state index contributed by atoms with van der Waals surface area (Å²) in [6, 6.07) is -2.16. The number of urea groups is 1. The third-order valence-electron chi connectivity index (χ3n) is 2.70. The second kappa shape index (κ2) is 7.32. The normalized spacial score (nSPS) is 16.4. The monoisotopic (exact) mass is 281 g/mol. The number of carbonyl (C=O) groups excluding carboxylic acids is 3. The van der Waals surface area contributed by atoms with Crippen LogP contribution in [0.4, 0.5) is 4.79 Å². The molecule has 1 aliphatic rings. The summed E-state index contributed by atoms with van der Waals surface area (Å²) in [7, 11) is 1.24. The fraction of sp³-hybridized carbons (Fsp3) is 0.462. The average Bonchev–Trinajstić information content (AvgIpc) is 2.89. The first-order chi connectivity index (χ1) is 9.43. The second-order valence-electron chi connectivity index (χ2n) is 4.39. The Hall–Kier alpha value is -2.31. The fourth-order valence-electron chi connectivity index (χ4n) is 1.56. The molecular weight excluding hydrogens is 262 g/mol. The van der Waals surface area contributed by atoms with E-state index in [0.717, 1.165) is 0 Å². The number of carbonyl (C=O) groups is 3. The number of hydrogen-bond acceptors (Lipinski definition) is 4. The molecule has 0 heterocycles. The Labute approximate surface area is 117 Å². The van der Waals surface area contributed by atoms with Gasteiger partial charge in [0.1, 0.15) is 12.1 Å². The standard InChI is InChI=1S/C13H19N3O4/c1-8(11(17)14-9(2)12(18)20-3)15-13(19)16-10-6-4-5-7-10/h4-10H,1-3H3,(H,14,17)(H2,15,16,19)/t8-,9-/m0/s1. The second-order valence-corrected chi connectivity index (χ2v) is 4.39. The quantitative estimate of drug-likeness (QED) is 0.610. The molecule has 0 aliphatic heterocycles. The summed E-state index contributed by atoms with van der Waals surface area (Å²) in [5.74, 6) is -1.01. The molecule has 0 saturated carbocycles. The highest BCUT2D eigenvalue weighted by molar-refractivity contribution is 5.90. The maximum Gasteiger partial charge on any atom is 0.328 e. The van der Waals surface area contributed by atoms with Crippen molar-refractivity contribution in [1.82, 2.24) is 16.0 Å². The van der Waals surface area contributed by atoms with Crippen LogP contribution in [-0.2, 0) is 14.3 Å². The Morgan fingerprint density at radius 2 is 1.65 bits per heavy atom. The summed E-state index contributed by atoms with van der Waals surface area (Å²) >= 11 is 0. The molecule has 3 N–H and O–H groups in total. The van der Waals surface area contributed by atoms with E-state index in [1.807, 2.05) is 24.3 Å². The highest BCUT2D eigenvalue weighted by Gasteiger charge is 2.21. The number of allylic oxidation sites excluding steroid dienone is 2. The molecule has 0 spiro atoms. The van der Waals surface area contributed by atoms with Crippen molar-refractivity contribution in [2.75, 3.05) is 7.11 Å². The van der Waals surface area contributed by atoms with Crippen molar-refractivity contribution in [1.29, 1.82) is 0 Å². The summed E-state index contributed by atoms with van der Waals surface area (Å²) in [6.07, 6.45) is 7.26. The Morgan fingerprint density at radius 3 is 2.20 bits per heavy atom. The van der Waals surface area contributed by atoms with Gasteiger partial charge in [0.05, 0.1) is 13.2 Å². The molecule has 0 aromatic heterocycles. The number of esters is 1. The molecule has 7 heteroatoms. The van der Waals surface area contributed by atoms with Gasteiger partial charge in [-0.25, -0.2) is 9.59 Å². The van der Waals surface area contributed by atoms with Crippen molar-refractivity contribution in [3.05, 3.63) is 24.3 Å². The first-order valence-electron chi connectivity index (χ1n) is 6.24. The smallest absolute Gasteiger partial charge is 0.328 e. The molecular formula is C13H19N3O4. The third-order valence-corrected chi connectivity index (χ3v) is 2.70. The predicted octanol–water partition coefficient (Wildman–Crippen LogP) is -0.154. The van der Waals surface area contributed by atoms with Gasteiger partial charge in [-0.1, -0.05) is 24.3 Å². The van der Waals surface area contributed by atoms with Gasteiger partial charge in [0.25, 0.3) is 0 Å². The number of nitrogens with one attached hydrogen (secondary N) is 3. The summed E-state index contributed by atoms with van der Waals surface area (Å²) in [6.45, 7) is 3.03. The summed E-state index contributed by atoms with van der Waals surface area (Å²) in [5, 5.41) is 7.59. The van der Waals surface area contributed by atoms with Gasteiger partial charge >= 0.3 is 12.0 Å². The van der Waals surface area contributed by atoms with E-state index in [0.29, 0.717) is 0 Å². The first kappa shape index (κ1) is 15.7. The minimum atomic E-state index is -0.767. The van der Waals surface area contributed by atoms with Gasteiger partial charge in [-0.15, -0.1) is 0 Å². The molecule has 0 bridgehead atoms. The molecule has 0 unspecified atom stereocenters. The van der Waals surface area contributed by atoms with Gasteiger partial charge in [0.15, 0.2) is 0 Å². The molecule has 2 atom stereocenters. The van der Waals surface area contributed by atoms with Crippen molar-refractivity contribution in [3.63, 3.8) is 0 Å². The Balaban J connectivity index is 2.37. The molecule has 0 saturated heterocycles. The van der Waals surface area contributed by atoms with Crippen LogP contribution in [-0.4, -0.2) is 43.1 Å². The van der Waals surface area contributed by atoms with Crippen molar-refractivity contribution in [3.8, 4) is 0 Å². The van der Waals surface area contributed by atoms with Gasteiger partial charge in [-0.2, -0.15) is 0 Å². The number of hydrogen-bond donors (Lipinski definition) is 3. The van der Waals surface area contributed by atoms with E-state index in [1.54, 1.807) is 0 Å². The Morgan fingerprint density at radius 1 is 1.05 bits per heavy atom. The zero-order valence-electron chi connectivity index (χ0n) is 11.7. The maximum atomic E-state index is 11.8.